The Morgan fingerprint density at radius 3 is 1.61 bits per heavy atom. The fourth-order valence-electron chi connectivity index (χ4n) is 6.74. The van der Waals surface area contributed by atoms with E-state index in [1.54, 1.807) is 5.31 Å². The average Bonchev–Trinajstić information content (AvgIpc) is 3.35. The second kappa shape index (κ2) is 12.5. The predicted molar refractivity (Wildman–Crippen MR) is 163 cm³/mol. The minimum absolute atomic E-state index is 0.140. The van der Waals surface area contributed by atoms with E-state index in [1.807, 2.05) is 5.31 Å². The molecule has 2 aromatic rings. The van der Waals surface area contributed by atoms with Gasteiger partial charge in [-0.15, -0.1) is 0 Å². The van der Waals surface area contributed by atoms with Crippen molar-refractivity contribution in [3.05, 3.63) is 83.4 Å². The van der Waals surface area contributed by atoms with Gasteiger partial charge >= 0.3 is 0 Å². The second-order valence-electron chi connectivity index (χ2n) is 11.4. The number of hydrogen-bond acceptors (Lipinski definition) is 1. The van der Waals surface area contributed by atoms with Gasteiger partial charge in [0.05, 0.1) is 0 Å². The SMILES string of the molecule is CC(C1C=CC(P(c2ccccc2)c2ccccc2)=C1P(C1CCCCC1)C1CCCCC1)N(C)C. The molecular weight excluding hydrogens is 472 g/mol. The first kappa shape index (κ1) is 26.4. The molecule has 0 aromatic heterocycles. The minimum Gasteiger partial charge on any atom is -0.306 e. The maximum Gasteiger partial charge on any atom is 0.0186 e. The molecule has 0 amide bonds. The van der Waals surface area contributed by atoms with Crippen molar-refractivity contribution in [1.82, 2.24) is 4.90 Å². The predicted octanol–water partition coefficient (Wildman–Crippen LogP) is 8.61. The third-order valence-electron chi connectivity index (χ3n) is 8.86. The third kappa shape index (κ3) is 5.75. The van der Waals surface area contributed by atoms with E-state index < -0.39 is 7.92 Å². The molecule has 0 heterocycles. The van der Waals surface area contributed by atoms with Crippen molar-refractivity contribution in [1.29, 1.82) is 0 Å². The Balaban J connectivity index is 1.69. The van der Waals surface area contributed by atoms with Crippen LogP contribution >= 0.6 is 15.8 Å². The molecule has 0 bridgehead atoms. The van der Waals surface area contributed by atoms with Crippen LogP contribution in [0.5, 0.6) is 0 Å². The number of rotatable bonds is 8. The van der Waals surface area contributed by atoms with Gasteiger partial charge in [0.1, 0.15) is 0 Å². The monoisotopic (exact) mass is 517 g/mol. The molecule has 0 radical (unpaired) electrons. The highest BCUT2D eigenvalue weighted by Crippen LogP contribution is 2.68. The van der Waals surface area contributed by atoms with E-state index in [1.165, 1.54) is 74.8 Å². The zero-order chi connectivity index (χ0) is 24.9. The Hall–Kier alpha value is -1.26. The maximum absolute atomic E-state index is 2.62. The van der Waals surface area contributed by atoms with Crippen LogP contribution in [0.2, 0.25) is 0 Å². The zero-order valence-corrected chi connectivity index (χ0v) is 24.4. The summed E-state index contributed by atoms with van der Waals surface area (Å²) >= 11 is 0. The van der Waals surface area contributed by atoms with Gasteiger partial charge in [0.25, 0.3) is 0 Å². The van der Waals surface area contributed by atoms with Gasteiger partial charge in [-0.05, 0) is 87.2 Å². The lowest BCUT2D eigenvalue weighted by atomic mass is 9.99. The van der Waals surface area contributed by atoms with Gasteiger partial charge in [0.15, 0.2) is 0 Å². The van der Waals surface area contributed by atoms with E-state index in [0.29, 0.717) is 12.0 Å². The van der Waals surface area contributed by atoms with Crippen LogP contribution in [0.3, 0.4) is 0 Å². The van der Waals surface area contributed by atoms with Gasteiger partial charge in [-0.3, -0.25) is 0 Å². The first-order valence-electron chi connectivity index (χ1n) is 14.4. The lowest BCUT2D eigenvalue weighted by Gasteiger charge is -2.43. The van der Waals surface area contributed by atoms with Gasteiger partial charge in [-0.2, -0.15) is 0 Å². The van der Waals surface area contributed by atoms with Gasteiger partial charge in [0.2, 0.25) is 0 Å². The highest BCUT2D eigenvalue weighted by Gasteiger charge is 2.41. The van der Waals surface area contributed by atoms with Crippen molar-refractivity contribution in [3.8, 4) is 0 Å². The molecule has 5 rings (SSSR count). The highest BCUT2D eigenvalue weighted by atomic mass is 31.1. The van der Waals surface area contributed by atoms with Crippen molar-refractivity contribution in [2.24, 2.45) is 5.92 Å². The molecule has 1 nitrogen and oxygen atoms in total. The Morgan fingerprint density at radius 1 is 0.694 bits per heavy atom. The van der Waals surface area contributed by atoms with E-state index in [4.69, 9.17) is 0 Å². The van der Waals surface area contributed by atoms with Gasteiger partial charge in [0, 0.05) is 12.0 Å². The van der Waals surface area contributed by atoms with Crippen LogP contribution in [-0.4, -0.2) is 36.4 Å². The Morgan fingerprint density at radius 2 is 1.17 bits per heavy atom. The fourth-order valence-corrected chi connectivity index (χ4v) is 14.0. The summed E-state index contributed by atoms with van der Waals surface area (Å²) in [5.74, 6) is 0.558. The van der Waals surface area contributed by atoms with Crippen molar-refractivity contribution in [3.63, 3.8) is 0 Å². The van der Waals surface area contributed by atoms with Gasteiger partial charge in [-0.1, -0.05) is 119 Å². The standard InChI is InChI=1S/C33H45NP2/c1-26(34(2)3)31-24-25-32(35(27-16-8-4-9-17-27)28-18-10-5-11-19-28)33(31)36(29-20-12-6-13-21-29)30-22-14-7-15-23-30/h4-5,8-11,16-19,24-26,29-31H,6-7,12-15,20-23H2,1-3H3. The summed E-state index contributed by atoms with van der Waals surface area (Å²) in [6, 6.07) is 23.4. The van der Waals surface area contributed by atoms with Gasteiger partial charge in [-0.25, -0.2) is 0 Å². The molecule has 0 saturated heterocycles. The molecule has 2 atom stereocenters. The summed E-state index contributed by atoms with van der Waals surface area (Å²) < 4.78 is 0. The summed E-state index contributed by atoms with van der Waals surface area (Å²) in [5, 5.41) is 6.64. The lowest BCUT2D eigenvalue weighted by molar-refractivity contribution is 0.280. The van der Waals surface area contributed by atoms with E-state index in [2.05, 4.69) is 98.7 Å². The maximum atomic E-state index is 2.62. The van der Waals surface area contributed by atoms with E-state index in [-0.39, 0.29) is 7.92 Å². The topological polar surface area (TPSA) is 3.24 Å². The molecule has 3 aliphatic rings. The van der Waals surface area contributed by atoms with E-state index in [9.17, 15) is 0 Å². The molecule has 2 unspecified atom stereocenters. The van der Waals surface area contributed by atoms with Crippen LogP contribution in [0, 0.1) is 5.92 Å². The molecular formula is C33H45NP2. The smallest absolute Gasteiger partial charge is 0.0186 e. The first-order valence-corrected chi connectivity index (χ1v) is 17.2. The van der Waals surface area contributed by atoms with Crippen LogP contribution < -0.4 is 10.6 Å². The number of allylic oxidation sites excluding steroid dienone is 2. The van der Waals surface area contributed by atoms with Crippen LogP contribution in [0.4, 0.5) is 0 Å². The van der Waals surface area contributed by atoms with Crippen LogP contribution in [-0.2, 0) is 0 Å². The van der Waals surface area contributed by atoms with Crippen molar-refractivity contribution in [2.75, 3.05) is 14.1 Å². The van der Waals surface area contributed by atoms with Crippen molar-refractivity contribution in [2.45, 2.75) is 88.5 Å². The summed E-state index contributed by atoms with van der Waals surface area (Å²) in [5.41, 5.74) is 1.86. The average molecular weight is 518 g/mol. The van der Waals surface area contributed by atoms with Gasteiger partial charge < -0.3 is 4.90 Å². The summed E-state index contributed by atoms with van der Waals surface area (Å²) in [4.78, 5) is 2.47. The van der Waals surface area contributed by atoms with E-state index >= 15 is 0 Å². The largest absolute Gasteiger partial charge is 0.306 e. The molecule has 0 aliphatic heterocycles. The molecule has 0 N–H and O–H groups in total. The fraction of sp³-hybridized carbons (Fsp3) is 0.515. The minimum atomic E-state index is -0.546. The Bertz CT molecular complexity index is 959. The normalized spacial score (nSPS) is 22.8. The highest BCUT2D eigenvalue weighted by molar-refractivity contribution is 7.78. The molecule has 192 valence electrons. The summed E-state index contributed by atoms with van der Waals surface area (Å²) in [6.45, 7) is 2.47. The molecule has 2 aromatic carbocycles. The molecule has 2 fully saturated rings. The zero-order valence-electron chi connectivity index (χ0n) is 22.7. The van der Waals surface area contributed by atoms with Crippen molar-refractivity contribution < 1.29 is 0 Å². The molecule has 0 spiro atoms. The van der Waals surface area contributed by atoms with Crippen LogP contribution in [0.1, 0.15) is 71.1 Å². The Labute approximate surface area is 223 Å². The lowest BCUT2D eigenvalue weighted by Crippen LogP contribution is -2.33. The first-order chi connectivity index (χ1) is 17.6. The van der Waals surface area contributed by atoms with Crippen LogP contribution in [0.25, 0.3) is 0 Å². The molecule has 3 heteroatoms. The quantitative estimate of drug-likeness (QED) is 0.317. The summed E-state index contributed by atoms with van der Waals surface area (Å²) in [7, 11) is 3.89. The second-order valence-corrected chi connectivity index (χ2v) is 16.3. The van der Waals surface area contributed by atoms with Crippen molar-refractivity contribution >= 4 is 26.5 Å². The Kier molecular flexibility index (Phi) is 9.17. The molecule has 36 heavy (non-hydrogen) atoms. The number of nitrogens with zero attached hydrogens (tertiary/aromatic N) is 1. The van der Waals surface area contributed by atoms with Crippen LogP contribution in [0.15, 0.2) is 83.4 Å². The number of hydrogen-bond donors (Lipinski definition) is 0. The third-order valence-corrected chi connectivity index (χ3v) is 15.2. The number of benzene rings is 2. The van der Waals surface area contributed by atoms with E-state index in [0.717, 1.165) is 11.3 Å². The summed E-state index contributed by atoms with van der Waals surface area (Å²) in [6.07, 6.45) is 19.8. The molecule has 3 aliphatic carbocycles. The molecule has 2 saturated carbocycles.